The molecule has 1 nitrogen and oxygen atoms in total. The van der Waals surface area contributed by atoms with Crippen molar-refractivity contribution in [3.05, 3.63) is 55.7 Å². The van der Waals surface area contributed by atoms with Gasteiger partial charge in [0.2, 0.25) is 0 Å². The first-order valence-corrected chi connectivity index (χ1v) is 8.28. The van der Waals surface area contributed by atoms with Crippen LogP contribution < -0.4 is 5.32 Å². The van der Waals surface area contributed by atoms with Gasteiger partial charge in [-0.3, -0.25) is 0 Å². The number of benzene rings is 1. The van der Waals surface area contributed by atoms with E-state index in [4.69, 9.17) is 0 Å². The zero-order chi connectivity index (χ0) is 13.8. The number of hydrogen-bond acceptors (Lipinski definition) is 2. The van der Waals surface area contributed by atoms with Crippen molar-refractivity contribution in [2.45, 2.75) is 33.2 Å². The van der Waals surface area contributed by atoms with Gasteiger partial charge in [-0.25, -0.2) is 0 Å². The summed E-state index contributed by atoms with van der Waals surface area (Å²) < 4.78 is 1.17. The second-order valence-electron chi connectivity index (χ2n) is 4.84. The molecule has 1 aromatic carbocycles. The van der Waals surface area contributed by atoms with Crippen LogP contribution in [0, 0.1) is 13.8 Å². The van der Waals surface area contributed by atoms with E-state index in [1.807, 2.05) is 11.3 Å². The average molecular weight is 338 g/mol. The number of rotatable bonds is 5. The number of hydrogen-bond donors (Lipinski definition) is 1. The van der Waals surface area contributed by atoms with E-state index in [9.17, 15) is 0 Å². The van der Waals surface area contributed by atoms with E-state index in [1.165, 1.54) is 25.4 Å². The molecule has 0 aliphatic heterocycles. The first kappa shape index (κ1) is 14.8. The number of aryl methyl sites for hydroxylation is 2. The topological polar surface area (TPSA) is 12.0 Å². The Morgan fingerprint density at radius 1 is 1.21 bits per heavy atom. The highest BCUT2D eigenvalue weighted by Gasteiger charge is 2.15. The Bertz CT molecular complexity index is 547. The highest BCUT2D eigenvalue weighted by atomic mass is 79.9. The van der Waals surface area contributed by atoms with Crippen molar-refractivity contribution < 1.29 is 0 Å². The fourth-order valence-corrected chi connectivity index (χ4v) is 3.36. The highest BCUT2D eigenvalue weighted by molar-refractivity contribution is 9.10. The number of halogens is 1. The lowest BCUT2D eigenvalue weighted by Crippen LogP contribution is -2.22. The maximum Gasteiger partial charge on any atom is 0.0671 e. The normalized spacial score (nSPS) is 12.6. The molecule has 2 aromatic rings. The monoisotopic (exact) mass is 337 g/mol. The van der Waals surface area contributed by atoms with Crippen LogP contribution >= 0.6 is 27.3 Å². The van der Waals surface area contributed by atoms with Gasteiger partial charge in [-0.2, -0.15) is 0 Å². The van der Waals surface area contributed by atoms with Gasteiger partial charge in [-0.15, -0.1) is 11.3 Å². The molecule has 0 amide bonds. The summed E-state index contributed by atoms with van der Waals surface area (Å²) >= 11 is 5.45. The van der Waals surface area contributed by atoms with Crippen molar-refractivity contribution in [2.75, 3.05) is 6.54 Å². The molecule has 1 atom stereocenters. The van der Waals surface area contributed by atoms with Crippen LogP contribution in [0.2, 0.25) is 0 Å². The minimum absolute atomic E-state index is 0.311. The molecule has 0 saturated heterocycles. The van der Waals surface area contributed by atoms with E-state index >= 15 is 0 Å². The summed E-state index contributed by atoms with van der Waals surface area (Å²) in [5, 5.41) is 3.66. The van der Waals surface area contributed by atoms with Crippen molar-refractivity contribution in [3.63, 3.8) is 0 Å². The number of nitrogens with one attached hydrogen (secondary N) is 1. The van der Waals surface area contributed by atoms with E-state index in [-0.39, 0.29) is 0 Å². The van der Waals surface area contributed by atoms with Crippen LogP contribution in [0.3, 0.4) is 0 Å². The summed E-state index contributed by atoms with van der Waals surface area (Å²) in [6.45, 7) is 7.55. The highest BCUT2D eigenvalue weighted by Crippen LogP contribution is 2.30. The summed E-state index contributed by atoms with van der Waals surface area (Å²) in [4.78, 5) is 2.76. The standard InChI is InChI=1S/C16H20BrNS/c1-4-9-18-16(15-8-5-12(3)19-15)13-6-7-14(17)11(2)10-13/h5-8,10,16,18H,4,9H2,1-3H3. The minimum atomic E-state index is 0.311. The quantitative estimate of drug-likeness (QED) is 0.788. The van der Waals surface area contributed by atoms with E-state index in [2.05, 4.69) is 72.3 Å². The molecule has 2 rings (SSSR count). The van der Waals surface area contributed by atoms with Crippen molar-refractivity contribution in [1.82, 2.24) is 5.32 Å². The molecule has 0 radical (unpaired) electrons. The maximum absolute atomic E-state index is 3.66. The van der Waals surface area contributed by atoms with Crippen molar-refractivity contribution in [1.29, 1.82) is 0 Å². The molecule has 0 aliphatic rings. The molecule has 1 N–H and O–H groups in total. The summed E-state index contributed by atoms with van der Waals surface area (Å²) in [6, 6.07) is 11.4. The average Bonchev–Trinajstić information content (AvgIpc) is 2.80. The van der Waals surface area contributed by atoms with Gasteiger partial charge >= 0.3 is 0 Å². The van der Waals surface area contributed by atoms with Gasteiger partial charge in [-0.05, 0) is 56.1 Å². The molecule has 19 heavy (non-hydrogen) atoms. The molecule has 0 fully saturated rings. The molecule has 3 heteroatoms. The van der Waals surface area contributed by atoms with Crippen LogP contribution in [-0.2, 0) is 0 Å². The Kier molecular flexibility index (Phi) is 5.20. The molecule has 0 saturated carbocycles. The molecule has 0 bridgehead atoms. The Balaban J connectivity index is 2.33. The van der Waals surface area contributed by atoms with E-state index < -0.39 is 0 Å². The molecule has 1 aromatic heterocycles. The van der Waals surface area contributed by atoms with Crippen LogP contribution in [0.15, 0.2) is 34.8 Å². The van der Waals surface area contributed by atoms with Crippen LogP contribution in [0.25, 0.3) is 0 Å². The van der Waals surface area contributed by atoms with E-state index in [1.54, 1.807) is 0 Å². The van der Waals surface area contributed by atoms with Crippen LogP contribution in [0.4, 0.5) is 0 Å². The molecule has 0 spiro atoms. The van der Waals surface area contributed by atoms with Gasteiger partial charge in [0.1, 0.15) is 0 Å². The summed E-state index contributed by atoms with van der Waals surface area (Å²) in [7, 11) is 0. The molecule has 1 heterocycles. The Labute approximate surface area is 128 Å². The predicted molar refractivity (Wildman–Crippen MR) is 88.1 cm³/mol. The Morgan fingerprint density at radius 3 is 2.58 bits per heavy atom. The van der Waals surface area contributed by atoms with Gasteiger partial charge in [0.25, 0.3) is 0 Å². The predicted octanol–water partition coefficient (Wildman–Crippen LogP) is 5.22. The van der Waals surface area contributed by atoms with E-state index in [0.29, 0.717) is 6.04 Å². The zero-order valence-electron chi connectivity index (χ0n) is 11.7. The second kappa shape index (κ2) is 6.69. The first-order valence-electron chi connectivity index (χ1n) is 6.67. The minimum Gasteiger partial charge on any atom is -0.306 e. The molecular formula is C16H20BrNS. The molecule has 0 aliphatic carbocycles. The van der Waals surface area contributed by atoms with Gasteiger partial charge in [-0.1, -0.05) is 35.0 Å². The third kappa shape index (κ3) is 3.68. The third-order valence-corrected chi connectivity index (χ3v) is 5.11. The smallest absolute Gasteiger partial charge is 0.0671 e. The summed E-state index contributed by atoms with van der Waals surface area (Å²) in [6.07, 6.45) is 1.15. The molecular weight excluding hydrogens is 318 g/mol. The van der Waals surface area contributed by atoms with Crippen LogP contribution in [-0.4, -0.2) is 6.54 Å². The van der Waals surface area contributed by atoms with Crippen molar-refractivity contribution in [3.8, 4) is 0 Å². The lowest BCUT2D eigenvalue weighted by Gasteiger charge is -2.18. The van der Waals surface area contributed by atoms with Gasteiger partial charge in [0, 0.05) is 14.2 Å². The zero-order valence-corrected chi connectivity index (χ0v) is 14.1. The first-order chi connectivity index (χ1) is 9.11. The fourth-order valence-electron chi connectivity index (χ4n) is 2.13. The summed E-state index contributed by atoms with van der Waals surface area (Å²) in [5.74, 6) is 0. The fraction of sp³-hybridized carbons (Fsp3) is 0.375. The molecule has 102 valence electrons. The number of thiophene rings is 1. The van der Waals surface area contributed by atoms with Crippen LogP contribution in [0.5, 0.6) is 0 Å². The molecule has 1 unspecified atom stereocenters. The maximum atomic E-state index is 3.66. The van der Waals surface area contributed by atoms with Gasteiger partial charge in [0.05, 0.1) is 6.04 Å². The van der Waals surface area contributed by atoms with Crippen molar-refractivity contribution >= 4 is 27.3 Å². The summed E-state index contributed by atoms with van der Waals surface area (Å²) in [5.41, 5.74) is 2.63. The lowest BCUT2D eigenvalue weighted by molar-refractivity contribution is 0.605. The SMILES string of the molecule is CCCNC(c1ccc(Br)c(C)c1)c1ccc(C)s1. The van der Waals surface area contributed by atoms with Crippen LogP contribution in [0.1, 0.15) is 40.3 Å². The third-order valence-electron chi connectivity index (χ3n) is 3.16. The Hall–Kier alpha value is -0.640. The van der Waals surface area contributed by atoms with Gasteiger partial charge in [0.15, 0.2) is 0 Å². The largest absolute Gasteiger partial charge is 0.306 e. The van der Waals surface area contributed by atoms with E-state index in [0.717, 1.165) is 13.0 Å². The van der Waals surface area contributed by atoms with Crippen molar-refractivity contribution in [2.24, 2.45) is 0 Å². The van der Waals surface area contributed by atoms with Gasteiger partial charge < -0.3 is 5.32 Å². The second-order valence-corrected chi connectivity index (χ2v) is 7.02. The lowest BCUT2D eigenvalue weighted by atomic mass is 10.0. The Morgan fingerprint density at radius 2 is 2.00 bits per heavy atom.